The van der Waals surface area contributed by atoms with E-state index < -0.39 is 28.6 Å². The van der Waals surface area contributed by atoms with E-state index in [1.807, 2.05) is 27.7 Å². The number of aliphatic hydroxyl groups excluding tert-OH is 1. The number of allylic oxidation sites excluding steroid dienone is 5. The lowest BCUT2D eigenvalue weighted by Gasteiger charge is -2.63. The Morgan fingerprint density at radius 1 is 0.981 bits per heavy atom. The van der Waals surface area contributed by atoms with Crippen LogP contribution in [0.1, 0.15) is 128 Å². The summed E-state index contributed by atoms with van der Waals surface area (Å²) in [7, 11) is 0. The molecule has 2 fully saturated rings. The lowest BCUT2D eigenvalue weighted by molar-refractivity contribution is -0.0691. The van der Waals surface area contributed by atoms with E-state index in [0.717, 1.165) is 30.2 Å². The van der Waals surface area contributed by atoms with E-state index in [1.54, 1.807) is 6.07 Å². The molecule has 7 nitrogen and oxygen atoms in total. The predicted octanol–water partition coefficient (Wildman–Crippen LogP) is 9.55. The Bertz CT molecular complexity index is 2150. The topological polar surface area (TPSA) is 108 Å². The number of hydrogen-bond acceptors (Lipinski definition) is 7. The number of aliphatic hydroxyl groups is 1. The second kappa shape index (κ2) is 11.4. The monoisotopic (exact) mass is 733 g/mol. The molecule has 4 N–H and O–H groups in total. The molecule has 0 aromatic heterocycles. The molecular weight excluding hydrogens is 675 g/mol. The van der Waals surface area contributed by atoms with Gasteiger partial charge in [0, 0.05) is 33.6 Å². The average molecular weight is 734 g/mol. The van der Waals surface area contributed by atoms with Crippen LogP contribution in [-0.2, 0) is 10.2 Å². The molecular formula is C47H59NO6. The summed E-state index contributed by atoms with van der Waals surface area (Å²) in [5.41, 5.74) is 3.21. The lowest BCUT2D eigenvalue weighted by atomic mass is 9.47. The Morgan fingerprint density at radius 3 is 2.44 bits per heavy atom. The highest BCUT2D eigenvalue weighted by Gasteiger charge is 2.66. The van der Waals surface area contributed by atoms with Crippen LogP contribution in [0.5, 0.6) is 17.2 Å². The minimum atomic E-state index is -0.816. The van der Waals surface area contributed by atoms with Gasteiger partial charge in [0.1, 0.15) is 35.2 Å². The van der Waals surface area contributed by atoms with Crippen molar-refractivity contribution in [1.29, 1.82) is 0 Å². The molecule has 288 valence electrons. The van der Waals surface area contributed by atoms with Crippen molar-refractivity contribution < 1.29 is 29.6 Å². The Morgan fingerprint density at radius 2 is 1.72 bits per heavy atom. The third-order valence-electron chi connectivity index (χ3n) is 16.3. The summed E-state index contributed by atoms with van der Waals surface area (Å²) >= 11 is 0. The molecule has 0 bridgehead atoms. The smallest absolute Gasteiger partial charge is 0.217 e. The van der Waals surface area contributed by atoms with Gasteiger partial charge < -0.3 is 30.1 Å². The Labute approximate surface area is 320 Å². The zero-order valence-electron chi connectivity index (χ0n) is 33.8. The van der Waals surface area contributed by atoms with E-state index in [-0.39, 0.29) is 40.1 Å². The molecule has 2 aromatic carbocycles. The van der Waals surface area contributed by atoms with Gasteiger partial charge in [0.2, 0.25) is 5.78 Å². The zero-order valence-corrected chi connectivity index (χ0v) is 33.8. The fourth-order valence-electron chi connectivity index (χ4n) is 12.3. The Balaban J connectivity index is 1.20. The number of carbonyl (C=O) groups excluding carboxylic acids is 1. The molecule has 1 spiro atoms. The summed E-state index contributed by atoms with van der Waals surface area (Å²) in [4.78, 5) is 15.0. The van der Waals surface area contributed by atoms with Crippen molar-refractivity contribution in [2.24, 2.45) is 40.4 Å². The number of phenols is 2. The van der Waals surface area contributed by atoms with Gasteiger partial charge in [-0.3, -0.25) is 4.79 Å². The standard InChI is InChI=1S/C47H59NO6/c1-22(2)23(3)11-12-24(4)29-13-14-30-28-20-33-47(21-27(49)15-18-46(47,10)31(28)16-17-45(29,30)9)48-39-41(52)37-36-34(25(5)19-32(50)35(36)43(39)54-33)42-38(40(37)51)44(7,8)26(6)53-42/h11-12,16,19-20,22-24,26-27,29-30,33,48-51H,13-15,17-18,21H2,1-10H3/b12-11+/t23-,24+,26-,27-,29+,30-,33-,45+,46+,47-/m0/s1. The third-order valence-corrected chi connectivity index (χ3v) is 16.3. The number of phenolic OH excluding ortho intramolecular Hbond substituents is 2. The first-order valence-electron chi connectivity index (χ1n) is 20.6. The lowest BCUT2D eigenvalue weighted by Crippen LogP contribution is -2.72. The molecule has 10 atom stereocenters. The molecule has 2 aromatic rings. The molecule has 7 heteroatoms. The van der Waals surface area contributed by atoms with E-state index in [0.29, 0.717) is 70.5 Å². The number of benzene rings is 2. The molecule has 9 rings (SSSR count). The van der Waals surface area contributed by atoms with E-state index in [2.05, 4.69) is 71.2 Å². The molecule has 2 aliphatic heterocycles. The maximum atomic E-state index is 15.0. The number of carbonyl (C=O) groups is 1. The number of aromatic hydroxyl groups is 2. The van der Waals surface area contributed by atoms with Crippen LogP contribution in [0.15, 0.2) is 47.2 Å². The SMILES string of the molecule is Cc1cc(O)c2c3c(c(O)c4c(c13)O[C@@H](C)C4(C)C)C(=O)C1=C2O[C@H]2C=C3C(=CC[C@]4(C)[C@@H]([C@H](C)/C=C/[C@H](C)C(C)C)CC[C@@H]34)[C@@]3(C)CC[C@H](O)C[C@]23N1. The van der Waals surface area contributed by atoms with Crippen molar-refractivity contribution >= 4 is 22.3 Å². The normalized spacial score (nSPS) is 36.9. The third kappa shape index (κ3) is 4.37. The van der Waals surface area contributed by atoms with E-state index in [9.17, 15) is 15.3 Å². The van der Waals surface area contributed by atoms with Gasteiger partial charge in [0.25, 0.3) is 0 Å². The molecule has 0 radical (unpaired) electrons. The van der Waals surface area contributed by atoms with Crippen LogP contribution in [0.3, 0.4) is 0 Å². The first-order chi connectivity index (χ1) is 25.4. The minimum Gasteiger partial charge on any atom is -0.507 e. The second-order valence-corrected chi connectivity index (χ2v) is 19.7. The number of rotatable bonds is 4. The average Bonchev–Trinajstić information content (AvgIpc) is 3.57. The van der Waals surface area contributed by atoms with E-state index in [4.69, 9.17) is 9.47 Å². The van der Waals surface area contributed by atoms with Gasteiger partial charge in [-0.1, -0.05) is 73.6 Å². The van der Waals surface area contributed by atoms with Crippen LogP contribution in [-0.4, -0.2) is 45.0 Å². The summed E-state index contributed by atoms with van der Waals surface area (Å²) in [6.07, 6.45) is 13.5. The first-order valence-corrected chi connectivity index (χ1v) is 20.6. The quantitative estimate of drug-likeness (QED) is 0.232. The van der Waals surface area contributed by atoms with Gasteiger partial charge in [-0.25, -0.2) is 0 Å². The molecule has 0 saturated heterocycles. The van der Waals surface area contributed by atoms with Gasteiger partial charge in [-0.05, 0) is 110 Å². The predicted molar refractivity (Wildman–Crippen MR) is 212 cm³/mol. The van der Waals surface area contributed by atoms with Crippen LogP contribution in [0.2, 0.25) is 0 Å². The second-order valence-electron chi connectivity index (χ2n) is 19.7. The van der Waals surface area contributed by atoms with E-state index >= 15 is 4.79 Å². The summed E-state index contributed by atoms with van der Waals surface area (Å²) in [5.74, 6) is 2.97. The highest BCUT2D eigenvalue weighted by Crippen LogP contribution is 2.68. The van der Waals surface area contributed by atoms with Crippen molar-refractivity contribution in [1.82, 2.24) is 5.32 Å². The van der Waals surface area contributed by atoms with Crippen molar-refractivity contribution in [2.45, 2.75) is 137 Å². The van der Waals surface area contributed by atoms with Crippen molar-refractivity contribution in [3.63, 3.8) is 0 Å². The maximum absolute atomic E-state index is 15.0. The van der Waals surface area contributed by atoms with Crippen LogP contribution < -0.4 is 10.1 Å². The first kappa shape index (κ1) is 36.0. The molecule has 7 aliphatic rings. The van der Waals surface area contributed by atoms with Gasteiger partial charge in [0.05, 0.1) is 22.8 Å². The Kier molecular flexibility index (Phi) is 7.61. The van der Waals surface area contributed by atoms with Gasteiger partial charge in [0.15, 0.2) is 5.76 Å². The Hall–Kier alpha value is -3.71. The highest BCUT2D eigenvalue weighted by atomic mass is 16.5. The summed E-state index contributed by atoms with van der Waals surface area (Å²) in [6.45, 7) is 22.1. The zero-order chi connectivity index (χ0) is 38.6. The number of hydrogen-bond donors (Lipinski definition) is 4. The number of ether oxygens (including phenoxy) is 2. The van der Waals surface area contributed by atoms with Crippen LogP contribution >= 0.6 is 0 Å². The van der Waals surface area contributed by atoms with Crippen molar-refractivity contribution in [3.8, 4) is 17.2 Å². The van der Waals surface area contributed by atoms with Crippen LogP contribution in [0, 0.1) is 47.3 Å². The van der Waals surface area contributed by atoms with Gasteiger partial charge in [-0.2, -0.15) is 0 Å². The fraction of sp³-hybridized carbons (Fsp3) is 0.596. The fourth-order valence-corrected chi connectivity index (χ4v) is 12.3. The maximum Gasteiger partial charge on any atom is 0.217 e. The molecule has 0 amide bonds. The molecule has 0 unspecified atom stereocenters. The van der Waals surface area contributed by atoms with Gasteiger partial charge >= 0.3 is 0 Å². The number of nitrogens with one attached hydrogen (secondary N) is 1. The van der Waals surface area contributed by atoms with Crippen LogP contribution in [0.4, 0.5) is 0 Å². The van der Waals surface area contributed by atoms with Crippen molar-refractivity contribution in [3.05, 3.63) is 69.5 Å². The summed E-state index contributed by atoms with van der Waals surface area (Å²) in [5, 5.41) is 40.3. The molecule has 2 saturated carbocycles. The van der Waals surface area contributed by atoms with Gasteiger partial charge in [-0.15, -0.1) is 0 Å². The van der Waals surface area contributed by atoms with Crippen LogP contribution in [0.25, 0.3) is 16.5 Å². The number of aryl methyl sites for hydroxylation is 1. The summed E-state index contributed by atoms with van der Waals surface area (Å²) in [6, 6.07) is 1.73. The molecule has 2 heterocycles. The largest absolute Gasteiger partial charge is 0.507 e. The number of Topliss-reactive ketones (excluding diaryl/α,β-unsaturated/α-hetero) is 1. The number of fused-ring (bicyclic) bond motifs is 7. The molecule has 5 aliphatic carbocycles. The highest BCUT2D eigenvalue weighted by molar-refractivity contribution is 6.27. The minimum absolute atomic E-state index is 0.00292. The van der Waals surface area contributed by atoms with Crippen molar-refractivity contribution in [2.75, 3.05) is 0 Å². The molecule has 54 heavy (non-hydrogen) atoms. The number of ketones is 1. The summed E-state index contributed by atoms with van der Waals surface area (Å²) < 4.78 is 13.7. The van der Waals surface area contributed by atoms with E-state index in [1.165, 1.54) is 17.6 Å².